The zero-order valence-corrected chi connectivity index (χ0v) is 17.9. The Morgan fingerprint density at radius 1 is 1.14 bits per heavy atom. The van der Waals surface area contributed by atoms with Gasteiger partial charge >= 0.3 is 0 Å². The highest BCUT2D eigenvalue weighted by Gasteiger charge is 2.33. The number of nitrogens with one attached hydrogen (secondary N) is 1. The van der Waals surface area contributed by atoms with Crippen LogP contribution in [0.3, 0.4) is 0 Å². The summed E-state index contributed by atoms with van der Waals surface area (Å²) >= 11 is 12.7. The molecule has 1 aromatic heterocycles. The zero-order chi connectivity index (χ0) is 20.1. The van der Waals surface area contributed by atoms with Gasteiger partial charge in [0.1, 0.15) is 0 Å². The van der Waals surface area contributed by atoms with Crippen molar-refractivity contribution in [2.75, 3.05) is 7.05 Å². The van der Waals surface area contributed by atoms with Gasteiger partial charge in [0.05, 0.1) is 15.6 Å². The average molecular weight is 435 g/mol. The van der Waals surface area contributed by atoms with Crippen LogP contribution in [-0.2, 0) is 16.4 Å². The van der Waals surface area contributed by atoms with Crippen molar-refractivity contribution in [3.63, 3.8) is 0 Å². The highest BCUT2D eigenvalue weighted by atomic mass is 35.5. The molecule has 146 valence electrons. The molecule has 0 amide bonds. The van der Waals surface area contributed by atoms with Crippen molar-refractivity contribution in [3.05, 3.63) is 75.4 Å². The molecule has 4 nitrogen and oxygen atoms in total. The fourth-order valence-corrected chi connectivity index (χ4v) is 5.78. The monoisotopic (exact) mass is 434 g/mol. The quantitative estimate of drug-likeness (QED) is 0.612. The van der Waals surface area contributed by atoms with Crippen LogP contribution in [0.1, 0.15) is 29.2 Å². The third kappa shape index (κ3) is 3.16. The third-order valence-corrected chi connectivity index (χ3v) is 7.47. The molecule has 1 unspecified atom stereocenters. The van der Waals surface area contributed by atoms with Crippen molar-refractivity contribution in [2.24, 2.45) is 0 Å². The van der Waals surface area contributed by atoms with Crippen molar-refractivity contribution < 1.29 is 8.42 Å². The molecular formula is C21H20Cl2N2O2S. The predicted octanol–water partition coefficient (Wildman–Crippen LogP) is 5.21. The van der Waals surface area contributed by atoms with Crippen LogP contribution in [0.4, 0.5) is 0 Å². The van der Waals surface area contributed by atoms with Gasteiger partial charge in [-0.25, -0.2) is 12.4 Å². The van der Waals surface area contributed by atoms with Crippen LogP contribution >= 0.6 is 23.2 Å². The Morgan fingerprint density at radius 2 is 1.93 bits per heavy atom. The van der Waals surface area contributed by atoms with Crippen molar-refractivity contribution >= 4 is 33.2 Å². The number of aromatic nitrogens is 1. The van der Waals surface area contributed by atoms with Gasteiger partial charge in [-0.1, -0.05) is 35.3 Å². The number of nitrogens with zero attached hydrogens (tertiary/aromatic N) is 1. The first kappa shape index (κ1) is 19.5. The summed E-state index contributed by atoms with van der Waals surface area (Å²) in [6.45, 7) is 1.88. The first-order valence-corrected chi connectivity index (χ1v) is 11.2. The van der Waals surface area contributed by atoms with Gasteiger partial charge in [-0.05, 0) is 73.8 Å². The minimum absolute atomic E-state index is 0.112. The minimum Gasteiger partial charge on any atom is -0.313 e. The fraction of sp³-hybridized carbons (Fsp3) is 0.238. The fourth-order valence-electron chi connectivity index (χ4n) is 3.88. The van der Waals surface area contributed by atoms with Gasteiger partial charge in [0.2, 0.25) is 0 Å². The lowest BCUT2D eigenvalue weighted by Gasteiger charge is -2.14. The summed E-state index contributed by atoms with van der Waals surface area (Å²) in [6, 6.07) is 12.2. The Balaban J connectivity index is 2.02. The smallest absolute Gasteiger partial charge is 0.268 e. The number of benzene rings is 2. The number of fused-ring (bicyclic) bond motifs is 1. The van der Waals surface area contributed by atoms with E-state index in [1.807, 2.05) is 20.0 Å². The molecule has 1 atom stereocenters. The lowest BCUT2D eigenvalue weighted by atomic mass is 10.1. The normalized spacial score (nSPS) is 16.4. The lowest BCUT2D eigenvalue weighted by Crippen LogP contribution is -2.16. The van der Waals surface area contributed by atoms with Crippen LogP contribution in [0.2, 0.25) is 10.0 Å². The van der Waals surface area contributed by atoms with Crippen molar-refractivity contribution in [1.29, 1.82) is 0 Å². The van der Waals surface area contributed by atoms with Crippen LogP contribution in [0.15, 0.2) is 53.6 Å². The number of hydrogen-bond acceptors (Lipinski definition) is 3. The van der Waals surface area contributed by atoms with Crippen molar-refractivity contribution in [2.45, 2.75) is 30.7 Å². The van der Waals surface area contributed by atoms with Gasteiger partial charge in [0, 0.05) is 22.8 Å². The molecule has 2 aromatic carbocycles. The molecule has 0 saturated carbocycles. The first-order chi connectivity index (χ1) is 13.3. The molecule has 28 heavy (non-hydrogen) atoms. The second-order valence-electron chi connectivity index (χ2n) is 7.03. The largest absolute Gasteiger partial charge is 0.313 e. The molecule has 0 radical (unpaired) electrons. The summed E-state index contributed by atoms with van der Waals surface area (Å²) in [4.78, 5) is 0.251. The Morgan fingerprint density at radius 3 is 2.64 bits per heavy atom. The SMILES string of the molecule is CNC1CCc2c1cn(S(=O)(=O)c1cccc(C)c1)c2-c1cc(Cl)ccc1Cl. The van der Waals surface area contributed by atoms with Gasteiger partial charge in [0.15, 0.2) is 0 Å². The lowest BCUT2D eigenvalue weighted by molar-refractivity contribution is 0.579. The van der Waals surface area contributed by atoms with E-state index >= 15 is 0 Å². The summed E-state index contributed by atoms with van der Waals surface area (Å²) in [5.41, 5.74) is 4.10. The highest BCUT2D eigenvalue weighted by molar-refractivity contribution is 7.90. The molecule has 4 rings (SSSR count). The molecule has 0 fully saturated rings. The van der Waals surface area contributed by atoms with E-state index in [2.05, 4.69) is 5.32 Å². The van der Waals surface area contributed by atoms with E-state index in [1.165, 1.54) is 3.97 Å². The second-order valence-corrected chi connectivity index (χ2v) is 9.69. The molecule has 1 aliphatic rings. The average Bonchev–Trinajstić information content (AvgIpc) is 3.23. The van der Waals surface area contributed by atoms with Crippen LogP contribution in [0, 0.1) is 6.92 Å². The number of rotatable bonds is 4. The third-order valence-electron chi connectivity index (χ3n) is 5.25. The first-order valence-electron chi connectivity index (χ1n) is 9.02. The Labute approximate surface area is 175 Å². The van der Waals surface area contributed by atoms with Gasteiger partial charge in [-0.2, -0.15) is 0 Å². The summed E-state index contributed by atoms with van der Waals surface area (Å²) in [5, 5.41) is 4.25. The highest BCUT2D eigenvalue weighted by Crippen LogP contribution is 2.43. The van der Waals surface area contributed by atoms with Gasteiger partial charge < -0.3 is 5.32 Å². The van der Waals surface area contributed by atoms with Crippen LogP contribution in [-0.4, -0.2) is 19.4 Å². The molecule has 0 spiro atoms. The van der Waals surface area contributed by atoms with Gasteiger partial charge in [0.25, 0.3) is 10.0 Å². The number of aryl methyl sites for hydroxylation is 1. The van der Waals surface area contributed by atoms with Crippen LogP contribution < -0.4 is 5.32 Å². The van der Waals surface area contributed by atoms with Crippen molar-refractivity contribution in [1.82, 2.24) is 9.29 Å². The second kappa shape index (κ2) is 7.23. The minimum atomic E-state index is -3.79. The summed E-state index contributed by atoms with van der Waals surface area (Å²) < 4.78 is 28.5. The maximum absolute atomic E-state index is 13.5. The van der Waals surface area contributed by atoms with E-state index in [-0.39, 0.29) is 10.9 Å². The molecule has 0 saturated heterocycles. The van der Waals surface area contributed by atoms with E-state index in [9.17, 15) is 8.42 Å². The molecule has 0 bridgehead atoms. The maximum Gasteiger partial charge on any atom is 0.268 e. The molecule has 7 heteroatoms. The molecule has 0 aliphatic heterocycles. The van der Waals surface area contributed by atoms with Gasteiger partial charge in [-0.3, -0.25) is 0 Å². The Hall–Kier alpha value is -1.79. The topological polar surface area (TPSA) is 51.1 Å². The van der Waals surface area contributed by atoms with E-state index in [0.717, 1.165) is 29.5 Å². The summed E-state index contributed by atoms with van der Waals surface area (Å²) in [5.74, 6) is 0. The molecule has 3 aromatic rings. The standard InChI is InChI=1S/C21H20Cl2N2O2S/c1-13-4-3-5-15(10-13)28(26,27)25-12-18-16(7-9-20(18)24-2)21(25)17-11-14(22)6-8-19(17)23/h3-6,8,10-12,20,24H,7,9H2,1-2H3. The number of hydrogen-bond donors (Lipinski definition) is 1. The molecule has 1 N–H and O–H groups in total. The summed E-state index contributed by atoms with van der Waals surface area (Å²) in [6.07, 6.45) is 3.42. The Bertz CT molecular complexity index is 1170. The maximum atomic E-state index is 13.5. The van der Waals surface area contributed by atoms with E-state index in [0.29, 0.717) is 21.3 Å². The van der Waals surface area contributed by atoms with Crippen molar-refractivity contribution in [3.8, 4) is 11.3 Å². The van der Waals surface area contributed by atoms with E-state index < -0.39 is 10.0 Å². The molecular weight excluding hydrogens is 415 g/mol. The van der Waals surface area contributed by atoms with E-state index in [4.69, 9.17) is 23.2 Å². The number of halogens is 2. The predicted molar refractivity (Wildman–Crippen MR) is 114 cm³/mol. The molecule has 1 aliphatic carbocycles. The van der Waals surface area contributed by atoms with Crippen LogP contribution in [0.5, 0.6) is 0 Å². The Kier molecular flexibility index (Phi) is 5.04. The molecule has 1 heterocycles. The van der Waals surface area contributed by atoms with Gasteiger partial charge in [-0.15, -0.1) is 0 Å². The zero-order valence-electron chi connectivity index (χ0n) is 15.5. The van der Waals surface area contributed by atoms with Crippen LogP contribution in [0.25, 0.3) is 11.3 Å². The summed E-state index contributed by atoms with van der Waals surface area (Å²) in [7, 11) is -1.91. The van der Waals surface area contributed by atoms with E-state index in [1.54, 1.807) is 42.6 Å².